The molecule has 2 aromatic carbocycles. The molecule has 0 spiro atoms. The molecule has 0 bridgehead atoms. The maximum absolute atomic E-state index is 14.5. The number of ether oxygens (including phenoxy) is 1. The molecule has 4 rings (SSSR count). The number of thiophene rings is 1. The number of hydrogen-bond acceptors (Lipinski definition) is 8. The molecule has 0 radical (unpaired) electrons. The van der Waals surface area contributed by atoms with Crippen LogP contribution < -0.4 is 16.4 Å². The molecule has 0 saturated carbocycles. The Morgan fingerprint density at radius 1 is 1.05 bits per heavy atom. The molecular weight excluding hydrogens is 562 g/mol. The number of rotatable bonds is 12. The third-order valence-corrected chi connectivity index (χ3v) is 8.51. The van der Waals surface area contributed by atoms with Crippen LogP contribution in [0.5, 0.6) is 0 Å². The van der Waals surface area contributed by atoms with E-state index in [4.69, 9.17) is 15.9 Å². The van der Waals surface area contributed by atoms with E-state index in [1.54, 1.807) is 44.9 Å². The lowest BCUT2D eigenvalue weighted by Gasteiger charge is -2.35. The number of nitrogens with one attached hydrogen (secondary N) is 3. The lowest BCUT2D eigenvalue weighted by Crippen LogP contribution is -2.53. The fraction of sp³-hybridized carbons (Fsp3) is 0.394. The van der Waals surface area contributed by atoms with Gasteiger partial charge >= 0.3 is 5.97 Å². The van der Waals surface area contributed by atoms with Gasteiger partial charge in [-0.3, -0.25) is 24.7 Å². The van der Waals surface area contributed by atoms with E-state index in [2.05, 4.69) is 10.6 Å². The molecular formula is C33H41N5O4S. The van der Waals surface area contributed by atoms with Crippen LogP contribution in [-0.2, 0) is 19.1 Å². The highest BCUT2D eigenvalue weighted by molar-refractivity contribution is 7.14. The van der Waals surface area contributed by atoms with E-state index in [-0.39, 0.29) is 18.2 Å². The summed E-state index contributed by atoms with van der Waals surface area (Å²) >= 11 is 1.22. The molecule has 228 valence electrons. The summed E-state index contributed by atoms with van der Waals surface area (Å²) in [4.78, 5) is 44.2. The van der Waals surface area contributed by atoms with E-state index in [9.17, 15) is 14.4 Å². The molecule has 1 fully saturated rings. The first-order valence-corrected chi connectivity index (χ1v) is 15.3. The first-order chi connectivity index (χ1) is 20.4. The van der Waals surface area contributed by atoms with Crippen molar-refractivity contribution in [2.75, 3.05) is 20.1 Å². The second kappa shape index (κ2) is 14.1. The summed E-state index contributed by atoms with van der Waals surface area (Å²) in [6, 6.07) is 20.5. The third-order valence-electron chi connectivity index (χ3n) is 7.33. The Labute approximate surface area is 257 Å². The van der Waals surface area contributed by atoms with Gasteiger partial charge in [0.05, 0.1) is 17.5 Å². The summed E-state index contributed by atoms with van der Waals surface area (Å²) in [5.41, 5.74) is 6.82. The van der Waals surface area contributed by atoms with Gasteiger partial charge in [0.1, 0.15) is 23.5 Å². The number of hydrogen-bond donors (Lipinski definition) is 4. The van der Waals surface area contributed by atoms with Gasteiger partial charge < -0.3 is 21.1 Å². The minimum absolute atomic E-state index is 0.101. The first-order valence-electron chi connectivity index (χ1n) is 14.5. The average molecular weight is 604 g/mol. The number of carbonyl (C=O) groups excluding carboxylic acids is 3. The fourth-order valence-corrected chi connectivity index (χ4v) is 6.38. The zero-order valence-electron chi connectivity index (χ0n) is 25.1. The minimum Gasteiger partial charge on any atom is -0.459 e. The van der Waals surface area contributed by atoms with Gasteiger partial charge in [-0.15, -0.1) is 11.3 Å². The van der Waals surface area contributed by atoms with Crippen LogP contribution in [-0.4, -0.2) is 66.2 Å². The minimum atomic E-state index is -0.953. The van der Waals surface area contributed by atoms with Crippen molar-refractivity contribution in [1.29, 1.82) is 5.41 Å². The van der Waals surface area contributed by atoms with Crippen LogP contribution >= 0.6 is 11.3 Å². The van der Waals surface area contributed by atoms with Crippen LogP contribution in [0.1, 0.15) is 66.5 Å². The molecule has 1 aliphatic rings. The summed E-state index contributed by atoms with van der Waals surface area (Å²) in [6.07, 6.45) is 1.54. The van der Waals surface area contributed by atoms with E-state index in [0.717, 1.165) is 24.1 Å². The van der Waals surface area contributed by atoms with Crippen molar-refractivity contribution in [2.45, 2.75) is 63.3 Å². The zero-order chi connectivity index (χ0) is 31.1. The summed E-state index contributed by atoms with van der Waals surface area (Å²) in [5.74, 6) is -1.58. The zero-order valence-corrected chi connectivity index (χ0v) is 25.9. The molecule has 1 aliphatic heterocycles. The molecule has 0 aliphatic carbocycles. The highest BCUT2D eigenvalue weighted by atomic mass is 32.1. The Hall–Kier alpha value is -3.86. The molecule has 5 N–H and O–H groups in total. The van der Waals surface area contributed by atoms with Crippen LogP contribution in [0.3, 0.4) is 0 Å². The Kier molecular flexibility index (Phi) is 10.5. The van der Waals surface area contributed by atoms with Gasteiger partial charge in [-0.05, 0) is 70.5 Å². The number of nitrogens with two attached hydrogens (primary N) is 1. The molecule has 3 atom stereocenters. The van der Waals surface area contributed by atoms with Crippen LogP contribution in [0, 0.1) is 5.41 Å². The first kappa shape index (κ1) is 32.1. The van der Waals surface area contributed by atoms with Crippen LogP contribution in [0.25, 0.3) is 0 Å². The number of amides is 1. The van der Waals surface area contributed by atoms with Crippen molar-refractivity contribution < 1.29 is 19.1 Å². The molecule has 3 aromatic rings. The Morgan fingerprint density at radius 2 is 1.65 bits per heavy atom. The smallest absolute Gasteiger partial charge is 0.320 e. The van der Waals surface area contributed by atoms with Crippen molar-refractivity contribution in [1.82, 2.24) is 15.5 Å². The molecule has 1 amide bonds. The molecule has 9 nitrogen and oxygen atoms in total. The second-order valence-corrected chi connectivity index (χ2v) is 13.0. The number of benzene rings is 2. The lowest BCUT2D eigenvalue weighted by atomic mass is 9.83. The normalized spacial score (nSPS) is 16.6. The molecule has 1 saturated heterocycles. The van der Waals surface area contributed by atoms with Gasteiger partial charge in [0, 0.05) is 10.8 Å². The SMILES string of the molecule is CN(CC(=O)OC(C)(C)C)[C@@H](C(=O)NC(C(=O)[C@@H]1CCCN1)c1ccc(C(=N)N)s1)C(c1ccccc1)c1ccccc1. The van der Waals surface area contributed by atoms with Crippen LogP contribution in [0.15, 0.2) is 72.8 Å². The largest absolute Gasteiger partial charge is 0.459 e. The maximum atomic E-state index is 14.5. The number of ketones is 1. The quantitative estimate of drug-likeness (QED) is 0.140. The standard InChI is InChI=1S/C33H41N5O4S/c1-33(2,3)42-26(39)20-38(4)29(27(21-12-7-5-8-13-21)22-14-9-6-10-15-22)32(41)37-28(30(40)23-16-11-19-36-23)24-17-18-25(43-24)31(34)35/h5-10,12-15,17-18,23,27-29,36H,11,16,19-20H2,1-4H3,(H3,34,35)(H,37,41)/t23-,28?,29+/m0/s1. The average Bonchev–Trinajstić information content (AvgIpc) is 3.67. The van der Waals surface area contributed by atoms with E-state index in [0.29, 0.717) is 16.2 Å². The van der Waals surface area contributed by atoms with Crippen LogP contribution in [0.2, 0.25) is 0 Å². The highest BCUT2D eigenvalue weighted by Gasteiger charge is 2.39. The number of Topliss-reactive ketones (excluding diaryl/α,β-unsaturated/α-hetero) is 1. The molecule has 1 unspecified atom stereocenters. The van der Waals surface area contributed by atoms with E-state index in [1.165, 1.54) is 11.3 Å². The summed E-state index contributed by atoms with van der Waals surface area (Å²) < 4.78 is 5.61. The van der Waals surface area contributed by atoms with Crippen molar-refractivity contribution in [2.24, 2.45) is 5.73 Å². The number of esters is 1. The monoisotopic (exact) mass is 603 g/mol. The second-order valence-electron chi connectivity index (χ2n) is 11.9. The Morgan fingerprint density at radius 3 is 2.14 bits per heavy atom. The van der Waals surface area contributed by atoms with Crippen LogP contribution in [0.4, 0.5) is 0 Å². The van der Waals surface area contributed by atoms with E-state index >= 15 is 0 Å². The number of amidine groups is 1. The Balaban J connectivity index is 1.76. The number of nitrogens with zero attached hydrogens (tertiary/aromatic N) is 1. The highest BCUT2D eigenvalue weighted by Crippen LogP contribution is 2.33. The number of carbonyl (C=O) groups is 3. The van der Waals surface area contributed by atoms with Gasteiger partial charge in [0.15, 0.2) is 5.78 Å². The molecule has 2 heterocycles. The van der Waals surface area contributed by atoms with Crippen molar-refractivity contribution in [3.05, 3.63) is 93.7 Å². The Bertz CT molecular complexity index is 1370. The molecule has 1 aromatic heterocycles. The predicted octanol–water partition coefficient (Wildman–Crippen LogP) is 3.98. The van der Waals surface area contributed by atoms with Crippen molar-refractivity contribution in [3.63, 3.8) is 0 Å². The lowest BCUT2D eigenvalue weighted by molar-refractivity contribution is -0.156. The molecule has 43 heavy (non-hydrogen) atoms. The fourth-order valence-electron chi connectivity index (χ4n) is 5.45. The summed E-state index contributed by atoms with van der Waals surface area (Å²) in [7, 11) is 1.72. The van der Waals surface area contributed by atoms with Gasteiger partial charge in [0.25, 0.3) is 0 Å². The molecule has 10 heteroatoms. The van der Waals surface area contributed by atoms with Gasteiger partial charge in [-0.1, -0.05) is 60.7 Å². The number of nitrogen functional groups attached to an aromatic ring is 1. The van der Waals surface area contributed by atoms with Gasteiger partial charge in [0.2, 0.25) is 5.91 Å². The van der Waals surface area contributed by atoms with E-state index in [1.807, 2.05) is 60.7 Å². The van der Waals surface area contributed by atoms with Crippen molar-refractivity contribution >= 4 is 34.8 Å². The van der Waals surface area contributed by atoms with Crippen molar-refractivity contribution in [3.8, 4) is 0 Å². The topological polar surface area (TPSA) is 138 Å². The van der Waals surface area contributed by atoms with E-state index < -0.39 is 41.5 Å². The summed E-state index contributed by atoms with van der Waals surface area (Å²) in [6.45, 7) is 5.99. The third kappa shape index (κ3) is 8.37. The maximum Gasteiger partial charge on any atom is 0.320 e. The van der Waals surface area contributed by atoms with Gasteiger partial charge in [-0.2, -0.15) is 0 Å². The summed E-state index contributed by atoms with van der Waals surface area (Å²) in [5, 5.41) is 14.2. The van der Waals surface area contributed by atoms with Gasteiger partial charge in [-0.25, -0.2) is 0 Å². The number of likely N-dealkylation sites (N-methyl/N-ethyl adjacent to an activating group) is 1. The predicted molar refractivity (Wildman–Crippen MR) is 169 cm³/mol.